The summed E-state index contributed by atoms with van der Waals surface area (Å²) in [6.07, 6.45) is 2.34. The van der Waals surface area contributed by atoms with Crippen LogP contribution in [0.5, 0.6) is 5.75 Å². The second-order valence-electron chi connectivity index (χ2n) is 9.15. The Labute approximate surface area is 196 Å². The van der Waals surface area contributed by atoms with Crippen molar-refractivity contribution in [3.63, 3.8) is 0 Å². The summed E-state index contributed by atoms with van der Waals surface area (Å²) < 4.78 is 11.5. The van der Waals surface area contributed by atoms with Gasteiger partial charge in [0.1, 0.15) is 11.4 Å². The van der Waals surface area contributed by atoms with Crippen molar-refractivity contribution in [2.45, 2.75) is 51.8 Å². The van der Waals surface area contributed by atoms with Gasteiger partial charge in [-0.1, -0.05) is 18.2 Å². The zero-order valence-electron chi connectivity index (χ0n) is 18.1. The van der Waals surface area contributed by atoms with Crippen molar-refractivity contribution in [3.05, 3.63) is 29.8 Å². The number of nitrogens with zero attached hydrogens (tertiary/aromatic N) is 3. The molecule has 2 heterocycles. The Kier molecular flexibility index (Phi) is 7.36. The number of guanidine groups is 1. The number of amides is 1. The van der Waals surface area contributed by atoms with Gasteiger partial charge < -0.3 is 24.6 Å². The van der Waals surface area contributed by atoms with E-state index in [1.807, 2.05) is 39.0 Å². The number of ether oxygens (including phenoxy) is 2. The lowest BCUT2D eigenvalue weighted by atomic mass is 10.2. The first-order chi connectivity index (χ1) is 13.9. The molecule has 30 heavy (non-hydrogen) atoms. The highest BCUT2D eigenvalue weighted by atomic mass is 127. The minimum absolute atomic E-state index is 0. The highest BCUT2D eigenvalue weighted by molar-refractivity contribution is 14.0. The number of piperazine rings is 1. The molecule has 0 bridgehead atoms. The third-order valence-corrected chi connectivity index (χ3v) is 5.44. The number of aliphatic imine (C=N–C) groups is 1. The number of hydrogen-bond acceptors (Lipinski definition) is 6. The lowest BCUT2D eigenvalue weighted by Crippen LogP contribution is -2.57. The van der Waals surface area contributed by atoms with Gasteiger partial charge in [-0.3, -0.25) is 4.99 Å². The monoisotopic (exact) mass is 528 g/mol. The highest BCUT2D eigenvalue weighted by Gasteiger charge is 2.36. The number of halogens is 1. The predicted molar refractivity (Wildman–Crippen MR) is 128 cm³/mol. The van der Waals surface area contributed by atoms with E-state index >= 15 is 0 Å². The summed E-state index contributed by atoms with van der Waals surface area (Å²) in [5, 5.41) is 3.48. The van der Waals surface area contributed by atoms with Crippen LogP contribution in [0.2, 0.25) is 0 Å². The fraction of sp³-hybridized carbons (Fsp3) is 0.636. The van der Waals surface area contributed by atoms with Crippen molar-refractivity contribution in [2.24, 2.45) is 10.9 Å². The van der Waals surface area contributed by atoms with Crippen LogP contribution in [-0.2, 0) is 11.3 Å². The molecule has 2 aliphatic heterocycles. The first-order valence-electron chi connectivity index (χ1n) is 10.6. The Morgan fingerprint density at radius 3 is 2.73 bits per heavy atom. The number of rotatable bonds is 5. The summed E-state index contributed by atoms with van der Waals surface area (Å²) in [7, 11) is 0. The molecular formula is C22H33IN4O3. The summed E-state index contributed by atoms with van der Waals surface area (Å²) in [4.78, 5) is 21.1. The highest BCUT2D eigenvalue weighted by Crippen LogP contribution is 2.30. The summed E-state index contributed by atoms with van der Waals surface area (Å²) >= 11 is 0. The fourth-order valence-electron chi connectivity index (χ4n) is 3.68. The number of fused-ring (bicyclic) bond motifs is 1. The molecule has 1 saturated heterocycles. The van der Waals surface area contributed by atoms with E-state index < -0.39 is 5.60 Å². The Morgan fingerprint density at radius 2 is 2.00 bits per heavy atom. The molecule has 7 nitrogen and oxygen atoms in total. The molecule has 0 aromatic heterocycles. The van der Waals surface area contributed by atoms with E-state index in [1.165, 1.54) is 12.8 Å². The molecule has 1 amide bonds. The summed E-state index contributed by atoms with van der Waals surface area (Å²) in [6, 6.07) is 8.41. The molecule has 2 fully saturated rings. The molecular weight excluding hydrogens is 495 g/mol. The number of nitrogens with one attached hydrogen (secondary N) is 1. The Bertz CT molecular complexity index is 776. The molecule has 1 saturated carbocycles. The molecule has 1 aromatic carbocycles. The van der Waals surface area contributed by atoms with E-state index in [1.54, 1.807) is 4.90 Å². The predicted octanol–water partition coefficient (Wildman–Crippen LogP) is 3.47. The van der Waals surface area contributed by atoms with Crippen LogP contribution in [-0.4, -0.2) is 66.3 Å². The largest absolute Gasteiger partial charge is 0.493 e. The number of para-hydroxylation sites is 1. The summed E-state index contributed by atoms with van der Waals surface area (Å²) in [5.74, 6) is 2.60. The van der Waals surface area contributed by atoms with Crippen LogP contribution in [0.25, 0.3) is 0 Å². The molecule has 1 N–H and O–H groups in total. The van der Waals surface area contributed by atoms with Gasteiger partial charge in [0.15, 0.2) is 5.96 Å². The fourth-order valence-corrected chi connectivity index (χ4v) is 3.68. The Hall–Kier alpha value is -1.71. The van der Waals surface area contributed by atoms with Crippen molar-refractivity contribution in [1.82, 2.24) is 15.1 Å². The first kappa shape index (κ1) is 23.0. The third kappa shape index (κ3) is 5.92. The van der Waals surface area contributed by atoms with Crippen LogP contribution < -0.4 is 10.1 Å². The number of carbonyl (C=O) groups is 1. The maximum atomic E-state index is 12.4. The molecule has 1 aliphatic carbocycles. The van der Waals surface area contributed by atoms with Gasteiger partial charge in [0.2, 0.25) is 0 Å². The molecule has 8 heteroatoms. The van der Waals surface area contributed by atoms with Crippen LogP contribution in [0.4, 0.5) is 4.79 Å². The minimum atomic E-state index is -0.470. The lowest BCUT2D eigenvalue weighted by molar-refractivity contribution is 0.0137. The molecule has 166 valence electrons. The van der Waals surface area contributed by atoms with E-state index in [2.05, 4.69) is 21.3 Å². The Morgan fingerprint density at radius 1 is 1.23 bits per heavy atom. The van der Waals surface area contributed by atoms with Gasteiger partial charge in [-0.05, 0) is 45.6 Å². The quantitative estimate of drug-likeness (QED) is 0.594. The summed E-state index contributed by atoms with van der Waals surface area (Å²) in [6.45, 7) is 9.93. The van der Waals surface area contributed by atoms with E-state index in [9.17, 15) is 4.79 Å². The van der Waals surface area contributed by atoms with Crippen molar-refractivity contribution in [3.8, 4) is 5.75 Å². The molecule has 4 rings (SSSR count). The average Bonchev–Trinajstić information content (AvgIpc) is 3.42. The van der Waals surface area contributed by atoms with Gasteiger partial charge in [0.05, 0.1) is 19.2 Å². The SMILES string of the molecule is CC(C)(C)OC(=O)N1CCN2C(NCc3ccccc3OCC3CC3)=NCC2C1.I. The molecule has 1 unspecified atom stereocenters. The van der Waals surface area contributed by atoms with Crippen molar-refractivity contribution in [1.29, 1.82) is 0 Å². The van der Waals surface area contributed by atoms with Gasteiger partial charge in [0.25, 0.3) is 0 Å². The molecule has 0 radical (unpaired) electrons. The second-order valence-corrected chi connectivity index (χ2v) is 9.15. The van der Waals surface area contributed by atoms with Gasteiger partial charge in [-0.2, -0.15) is 0 Å². The van der Waals surface area contributed by atoms with Crippen LogP contribution >= 0.6 is 24.0 Å². The van der Waals surface area contributed by atoms with E-state index in [0.717, 1.165) is 36.3 Å². The number of benzene rings is 1. The number of carbonyl (C=O) groups excluding carboxylic acids is 1. The van der Waals surface area contributed by atoms with Crippen LogP contribution in [0.3, 0.4) is 0 Å². The van der Waals surface area contributed by atoms with Crippen LogP contribution in [0.1, 0.15) is 39.2 Å². The summed E-state index contributed by atoms with van der Waals surface area (Å²) in [5.41, 5.74) is 0.675. The van der Waals surface area contributed by atoms with Crippen molar-refractivity contribution >= 4 is 36.0 Å². The maximum Gasteiger partial charge on any atom is 0.410 e. The van der Waals surface area contributed by atoms with Crippen molar-refractivity contribution in [2.75, 3.05) is 32.8 Å². The topological polar surface area (TPSA) is 66.4 Å². The van der Waals surface area contributed by atoms with Gasteiger partial charge in [-0.25, -0.2) is 4.79 Å². The lowest BCUT2D eigenvalue weighted by Gasteiger charge is -2.39. The zero-order valence-corrected chi connectivity index (χ0v) is 20.4. The van der Waals surface area contributed by atoms with E-state index in [-0.39, 0.29) is 36.1 Å². The second kappa shape index (κ2) is 9.62. The van der Waals surface area contributed by atoms with Gasteiger partial charge in [0, 0.05) is 31.7 Å². The van der Waals surface area contributed by atoms with E-state index in [4.69, 9.17) is 9.47 Å². The molecule has 3 aliphatic rings. The first-order valence-corrected chi connectivity index (χ1v) is 10.6. The third-order valence-electron chi connectivity index (χ3n) is 5.44. The minimum Gasteiger partial charge on any atom is -0.493 e. The van der Waals surface area contributed by atoms with Crippen molar-refractivity contribution < 1.29 is 14.3 Å². The van der Waals surface area contributed by atoms with E-state index in [0.29, 0.717) is 26.2 Å². The zero-order chi connectivity index (χ0) is 20.4. The maximum absolute atomic E-state index is 12.4. The molecule has 0 spiro atoms. The van der Waals surface area contributed by atoms with Crippen LogP contribution in [0.15, 0.2) is 29.3 Å². The normalized spacial score (nSPS) is 20.8. The number of hydrogen-bond donors (Lipinski definition) is 1. The Balaban J connectivity index is 0.00000256. The van der Waals surface area contributed by atoms with Crippen LogP contribution in [0, 0.1) is 5.92 Å². The smallest absolute Gasteiger partial charge is 0.410 e. The average molecular weight is 528 g/mol. The molecule has 1 atom stereocenters. The van der Waals surface area contributed by atoms with Gasteiger partial charge >= 0.3 is 6.09 Å². The van der Waals surface area contributed by atoms with Gasteiger partial charge in [-0.15, -0.1) is 24.0 Å². The standard InChI is InChI=1S/C22H32N4O3.HI/c1-22(2,3)29-21(27)25-10-11-26-18(14-25)13-24-20(26)23-12-17-6-4-5-7-19(17)28-15-16-8-9-16;/h4-7,16,18H,8-15H2,1-3H3,(H,23,24);1H. The molecule has 1 aromatic rings.